The lowest BCUT2D eigenvalue weighted by Crippen LogP contribution is -2.11. The SMILES string of the molecule is C=C(C)C(N)c1ccc(F)cc1Cl. The monoisotopic (exact) mass is 199 g/mol. The molecular formula is C10H11ClFN. The molecule has 0 saturated heterocycles. The van der Waals surface area contributed by atoms with E-state index in [1.54, 1.807) is 6.07 Å². The molecule has 0 aliphatic rings. The van der Waals surface area contributed by atoms with Gasteiger partial charge in [-0.1, -0.05) is 29.8 Å². The van der Waals surface area contributed by atoms with Gasteiger partial charge in [-0.3, -0.25) is 0 Å². The molecule has 0 aromatic heterocycles. The van der Waals surface area contributed by atoms with Crippen LogP contribution in [0, 0.1) is 5.82 Å². The van der Waals surface area contributed by atoms with E-state index < -0.39 is 0 Å². The van der Waals surface area contributed by atoms with Crippen LogP contribution in [0.15, 0.2) is 30.4 Å². The van der Waals surface area contributed by atoms with Crippen molar-refractivity contribution in [2.75, 3.05) is 0 Å². The van der Waals surface area contributed by atoms with Crippen LogP contribution in [-0.2, 0) is 0 Å². The molecule has 0 aliphatic carbocycles. The lowest BCUT2D eigenvalue weighted by molar-refractivity contribution is 0.626. The number of hydrogen-bond acceptors (Lipinski definition) is 1. The molecule has 1 aromatic rings. The Morgan fingerprint density at radius 2 is 2.23 bits per heavy atom. The van der Waals surface area contributed by atoms with Gasteiger partial charge in [-0.2, -0.15) is 0 Å². The highest BCUT2D eigenvalue weighted by atomic mass is 35.5. The molecule has 1 atom stereocenters. The van der Waals surface area contributed by atoms with Gasteiger partial charge in [0.2, 0.25) is 0 Å². The predicted octanol–water partition coefficient (Wildman–Crippen LogP) is 3.06. The number of halogens is 2. The maximum atomic E-state index is 12.7. The third-order valence-electron chi connectivity index (χ3n) is 1.83. The van der Waals surface area contributed by atoms with E-state index in [9.17, 15) is 4.39 Å². The van der Waals surface area contributed by atoms with Crippen LogP contribution in [0.3, 0.4) is 0 Å². The number of hydrogen-bond donors (Lipinski definition) is 1. The molecule has 3 heteroatoms. The van der Waals surface area contributed by atoms with Crippen LogP contribution in [0.5, 0.6) is 0 Å². The van der Waals surface area contributed by atoms with Crippen molar-refractivity contribution < 1.29 is 4.39 Å². The van der Waals surface area contributed by atoms with E-state index in [-0.39, 0.29) is 11.9 Å². The maximum Gasteiger partial charge on any atom is 0.124 e. The van der Waals surface area contributed by atoms with Gasteiger partial charge in [-0.15, -0.1) is 0 Å². The van der Waals surface area contributed by atoms with E-state index in [1.807, 2.05) is 6.92 Å². The zero-order valence-corrected chi connectivity index (χ0v) is 8.11. The summed E-state index contributed by atoms with van der Waals surface area (Å²) in [4.78, 5) is 0. The standard InChI is InChI=1S/C10H11ClFN/c1-6(2)10(13)8-4-3-7(12)5-9(8)11/h3-5,10H,1,13H2,2H3. The fourth-order valence-electron chi connectivity index (χ4n) is 1.02. The fourth-order valence-corrected chi connectivity index (χ4v) is 1.30. The molecule has 13 heavy (non-hydrogen) atoms. The van der Waals surface area contributed by atoms with E-state index in [0.29, 0.717) is 10.6 Å². The van der Waals surface area contributed by atoms with E-state index >= 15 is 0 Å². The fraction of sp³-hybridized carbons (Fsp3) is 0.200. The van der Waals surface area contributed by atoms with Gasteiger partial charge < -0.3 is 5.73 Å². The Bertz CT molecular complexity index is 336. The van der Waals surface area contributed by atoms with Gasteiger partial charge in [0.15, 0.2) is 0 Å². The Labute approximate surface area is 82.0 Å². The molecule has 2 N–H and O–H groups in total. The molecule has 0 bridgehead atoms. The molecule has 0 amide bonds. The number of benzene rings is 1. The first-order valence-corrected chi connectivity index (χ1v) is 4.26. The smallest absolute Gasteiger partial charge is 0.124 e. The van der Waals surface area contributed by atoms with Crippen molar-refractivity contribution in [1.29, 1.82) is 0 Å². The summed E-state index contributed by atoms with van der Waals surface area (Å²) in [5.41, 5.74) is 7.29. The van der Waals surface area contributed by atoms with Crippen molar-refractivity contribution >= 4 is 11.6 Å². The van der Waals surface area contributed by atoms with E-state index in [2.05, 4.69) is 6.58 Å². The highest BCUT2D eigenvalue weighted by Crippen LogP contribution is 2.25. The minimum Gasteiger partial charge on any atom is -0.321 e. The first-order valence-electron chi connectivity index (χ1n) is 3.88. The van der Waals surface area contributed by atoms with Gasteiger partial charge in [0.25, 0.3) is 0 Å². The van der Waals surface area contributed by atoms with Gasteiger partial charge in [0, 0.05) is 5.02 Å². The van der Waals surface area contributed by atoms with Crippen LogP contribution in [-0.4, -0.2) is 0 Å². The Morgan fingerprint density at radius 3 is 2.69 bits per heavy atom. The molecule has 0 spiro atoms. The molecule has 1 rings (SSSR count). The summed E-state index contributed by atoms with van der Waals surface area (Å²) in [5.74, 6) is -0.359. The molecule has 70 valence electrons. The zero-order valence-electron chi connectivity index (χ0n) is 7.35. The minimum absolute atomic E-state index is 0.326. The molecule has 1 nitrogen and oxygen atoms in total. The molecule has 0 heterocycles. The van der Waals surface area contributed by atoms with Crippen LogP contribution in [0.1, 0.15) is 18.5 Å². The van der Waals surface area contributed by atoms with Gasteiger partial charge >= 0.3 is 0 Å². The zero-order chi connectivity index (χ0) is 10.0. The summed E-state index contributed by atoms with van der Waals surface area (Å²) in [6, 6.07) is 3.84. The summed E-state index contributed by atoms with van der Waals surface area (Å²) in [6.45, 7) is 5.53. The van der Waals surface area contributed by atoms with Crippen LogP contribution < -0.4 is 5.73 Å². The third kappa shape index (κ3) is 2.29. The summed E-state index contributed by atoms with van der Waals surface area (Å²) in [5, 5.41) is 0.343. The first kappa shape index (κ1) is 10.2. The topological polar surface area (TPSA) is 26.0 Å². The largest absolute Gasteiger partial charge is 0.321 e. The average molecular weight is 200 g/mol. The molecule has 0 saturated carbocycles. The van der Waals surface area contributed by atoms with Crippen molar-refractivity contribution in [2.45, 2.75) is 13.0 Å². The van der Waals surface area contributed by atoms with Gasteiger partial charge in [0.1, 0.15) is 5.82 Å². The van der Waals surface area contributed by atoms with E-state index in [4.69, 9.17) is 17.3 Å². The van der Waals surface area contributed by atoms with Crippen molar-refractivity contribution in [1.82, 2.24) is 0 Å². The Kier molecular flexibility index (Phi) is 3.07. The van der Waals surface area contributed by atoms with Crippen molar-refractivity contribution in [3.05, 3.63) is 46.8 Å². The minimum atomic E-state index is -0.359. The molecule has 0 fully saturated rings. The highest BCUT2D eigenvalue weighted by molar-refractivity contribution is 6.31. The van der Waals surface area contributed by atoms with Crippen LogP contribution in [0.25, 0.3) is 0 Å². The van der Waals surface area contributed by atoms with E-state index in [0.717, 1.165) is 5.57 Å². The molecule has 1 unspecified atom stereocenters. The summed E-state index contributed by atoms with van der Waals surface area (Å²) in [6.07, 6.45) is 0. The highest BCUT2D eigenvalue weighted by Gasteiger charge is 2.10. The maximum absolute atomic E-state index is 12.7. The third-order valence-corrected chi connectivity index (χ3v) is 2.16. The van der Waals surface area contributed by atoms with Crippen LogP contribution >= 0.6 is 11.6 Å². The Morgan fingerprint density at radius 1 is 1.62 bits per heavy atom. The van der Waals surface area contributed by atoms with Crippen molar-refractivity contribution in [3.8, 4) is 0 Å². The number of rotatable bonds is 2. The molecule has 0 aliphatic heterocycles. The number of nitrogens with two attached hydrogens (primary N) is 1. The summed E-state index contributed by atoms with van der Waals surface area (Å²) >= 11 is 5.81. The van der Waals surface area contributed by atoms with E-state index in [1.165, 1.54) is 12.1 Å². The quantitative estimate of drug-likeness (QED) is 0.728. The Balaban J connectivity index is 3.08. The Hall–Kier alpha value is -0.860. The van der Waals surface area contributed by atoms with Crippen molar-refractivity contribution in [3.63, 3.8) is 0 Å². The van der Waals surface area contributed by atoms with Gasteiger partial charge in [-0.05, 0) is 24.6 Å². The summed E-state index contributed by atoms with van der Waals surface area (Å²) in [7, 11) is 0. The normalized spacial score (nSPS) is 12.6. The lowest BCUT2D eigenvalue weighted by atomic mass is 10.0. The molecule has 1 aromatic carbocycles. The lowest BCUT2D eigenvalue weighted by Gasteiger charge is -2.13. The second kappa shape index (κ2) is 3.90. The molecular weight excluding hydrogens is 189 g/mol. The van der Waals surface area contributed by atoms with Gasteiger partial charge in [-0.25, -0.2) is 4.39 Å². The average Bonchev–Trinajstić information content (AvgIpc) is 2.03. The molecule has 0 radical (unpaired) electrons. The second-order valence-corrected chi connectivity index (χ2v) is 3.40. The van der Waals surface area contributed by atoms with Gasteiger partial charge in [0.05, 0.1) is 6.04 Å². The summed E-state index contributed by atoms with van der Waals surface area (Å²) < 4.78 is 12.7. The van der Waals surface area contributed by atoms with Crippen LogP contribution in [0.2, 0.25) is 5.02 Å². The second-order valence-electron chi connectivity index (χ2n) is 2.99. The predicted molar refractivity (Wildman–Crippen MR) is 53.2 cm³/mol. The van der Waals surface area contributed by atoms with Crippen molar-refractivity contribution in [2.24, 2.45) is 5.73 Å². The van der Waals surface area contributed by atoms with Crippen LogP contribution in [0.4, 0.5) is 4.39 Å². The first-order chi connectivity index (χ1) is 6.02.